The van der Waals surface area contributed by atoms with Gasteiger partial charge in [-0.1, -0.05) is 12.1 Å². The zero-order chi connectivity index (χ0) is 11.3. The molecule has 0 unspecified atom stereocenters. The molecule has 0 aliphatic carbocycles. The van der Waals surface area contributed by atoms with E-state index in [1.807, 2.05) is 0 Å². The van der Waals surface area contributed by atoms with Gasteiger partial charge in [-0.25, -0.2) is 4.79 Å². The second-order valence-corrected chi connectivity index (χ2v) is 2.70. The number of methoxy groups -OCH3 is 1. The fraction of sp³-hybridized carbons (Fsp3) is 0.100. The van der Waals surface area contributed by atoms with Crippen molar-refractivity contribution in [3.63, 3.8) is 0 Å². The minimum absolute atomic E-state index is 0.186. The molecule has 1 N–H and O–H groups in total. The molecule has 5 heteroatoms. The summed E-state index contributed by atoms with van der Waals surface area (Å²) in [6, 6.07) is 6.04. The van der Waals surface area contributed by atoms with Gasteiger partial charge in [0.25, 0.3) is 0 Å². The number of benzene rings is 1. The highest BCUT2D eigenvalue weighted by molar-refractivity contribution is 5.89. The van der Waals surface area contributed by atoms with Crippen molar-refractivity contribution in [3.8, 4) is 0 Å². The Morgan fingerprint density at radius 2 is 1.93 bits per heavy atom. The number of nitrogens with zero attached hydrogens (tertiary/aromatic N) is 2. The summed E-state index contributed by atoms with van der Waals surface area (Å²) >= 11 is 0. The third kappa shape index (κ3) is 2.54. The standard InChI is InChI=1S/C10H8N2O3/c1-15-10(14)8-4-2-7(3-5-8)9(13)6-12-11/h2-6H,1H3/p+1/b9-6-. The summed E-state index contributed by atoms with van der Waals surface area (Å²) in [5.74, 6) is -0.634. The lowest BCUT2D eigenvalue weighted by atomic mass is 10.1. The Morgan fingerprint density at radius 3 is 2.40 bits per heavy atom. The molecule has 5 nitrogen and oxygen atoms in total. The van der Waals surface area contributed by atoms with Gasteiger partial charge in [0.1, 0.15) is 0 Å². The molecule has 0 heterocycles. The van der Waals surface area contributed by atoms with E-state index in [1.54, 1.807) is 0 Å². The molecule has 0 aliphatic heterocycles. The van der Waals surface area contributed by atoms with Gasteiger partial charge in [0.15, 0.2) is 4.98 Å². The maximum absolute atomic E-state index is 11.1. The first-order valence-electron chi connectivity index (χ1n) is 4.11. The third-order valence-electron chi connectivity index (χ3n) is 1.78. The van der Waals surface area contributed by atoms with Crippen LogP contribution in [0.15, 0.2) is 30.5 Å². The summed E-state index contributed by atoms with van der Waals surface area (Å²) < 4.78 is 4.51. The SMILES string of the molecule is COC(=O)c1ccc(/C(O)=C/[N+]#N)cc1. The van der Waals surface area contributed by atoms with Crippen molar-refractivity contribution in [1.82, 2.24) is 0 Å². The van der Waals surface area contributed by atoms with Gasteiger partial charge in [-0.2, -0.15) is 0 Å². The van der Waals surface area contributed by atoms with Gasteiger partial charge in [-0.05, 0) is 12.1 Å². The van der Waals surface area contributed by atoms with Gasteiger partial charge in [0.2, 0.25) is 11.2 Å². The Balaban J connectivity index is 2.96. The molecule has 0 radical (unpaired) electrons. The highest BCUT2D eigenvalue weighted by Gasteiger charge is 2.07. The third-order valence-corrected chi connectivity index (χ3v) is 1.78. The minimum atomic E-state index is -0.447. The number of aliphatic hydroxyl groups is 1. The van der Waals surface area contributed by atoms with Crippen LogP contribution in [0.5, 0.6) is 0 Å². The van der Waals surface area contributed by atoms with Crippen LogP contribution in [0.25, 0.3) is 10.7 Å². The molecule has 76 valence electrons. The number of hydrogen-bond donors (Lipinski definition) is 1. The van der Waals surface area contributed by atoms with E-state index in [9.17, 15) is 9.90 Å². The van der Waals surface area contributed by atoms with Crippen LogP contribution in [0.4, 0.5) is 0 Å². The molecule has 0 saturated heterocycles. The number of rotatable bonds is 2. The topological polar surface area (TPSA) is 74.7 Å². The average molecular weight is 205 g/mol. The van der Waals surface area contributed by atoms with Crippen LogP contribution >= 0.6 is 0 Å². The summed E-state index contributed by atoms with van der Waals surface area (Å²) in [6.07, 6.45) is 0.896. The molecule has 0 aromatic heterocycles. The lowest BCUT2D eigenvalue weighted by Crippen LogP contribution is -2.00. The maximum Gasteiger partial charge on any atom is 0.392 e. The Kier molecular flexibility index (Phi) is 3.41. The fourth-order valence-corrected chi connectivity index (χ4v) is 1.02. The van der Waals surface area contributed by atoms with E-state index in [1.165, 1.54) is 31.4 Å². The molecular weight excluding hydrogens is 196 g/mol. The monoisotopic (exact) mass is 205 g/mol. The zero-order valence-electron chi connectivity index (χ0n) is 8.04. The lowest BCUT2D eigenvalue weighted by molar-refractivity contribution is 0.0600. The van der Waals surface area contributed by atoms with E-state index in [0.717, 1.165) is 6.20 Å². The first-order valence-corrected chi connectivity index (χ1v) is 4.11. The Labute approximate surface area is 86.2 Å². The van der Waals surface area contributed by atoms with Crippen LogP contribution in [-0.2, 0) is 4.74 Å². The highest BCUT2D eigenvalue weighted by Crippen LogP contribution is 2.13. The largest absolute Gasteiger partial charge is 0.501 e. The van der Waals surface area contributed by atoms with Crippen LogP contribution < -0.4 is 0 Å². The molecule has 0 spiro atoms. The second-order valence-electron chi connectivity index (χ2n) is 2.70. The van der Waals surface area contributed by atoms with Crippen LogP contribution in [0.3, 0.4) is 0 Å². The summed E-state index contributed by atoms with van der Waals surface area (Å²) in [7, 11) is 1.29. The Morgan fingerprint density at radius 1 is 1.40 bits per heavy atom. The molecule has 0 amide bonds. The van der Waals surface area contributed by atoms with Gasteiger partial charge in [0.05, 0.1) is 12.7 Å². The van der Waals surface area contributed by atoms with Crippen molar-refractivity contribution in [2.45, 2.75) is 0 Å². The van der Waals surface area contributed by atoms with Crippen molar-refractivity contribution < 1.29 is 14.6 Å². The lowest BCUT2D eigenvalue weighted by Gasteiger charge is -1.99. The number of diazo groups is 1. The fourth-order valence-electron chi connectivity index (χ4n) is 1.02. The molecule has 0 aliphatic rings. The van der Waals surface area contributed by atoms with E-state index in [4.69, 9.17) is 5.39 Å². The number of aliphatic hydroxyl groups excluding tert-OH is 1. The summed E-state index contributed by atoms with van der Waals surface area (Å²) in [6.45, 7) is 0. The van der Waals surface area contributed by atoms with Crippen molar-refractivity contribution in [2.75, 3.05) is 7.11 Å². The predicted molar refractivity (Wildman–Crippen MR) is 53.5 cm³/mol. The maximum atomic E-state index is 11.1. The van der Waals surface area contributed by atoms with Gasteiger partial charge < -0.3 is 9.84 Å². The van der Waals surface area contributed by atoms with Crippen molar-refractivity contribution >= 4 is 11.7 Å². The zero-order valence-corrected chi connectivity index (χ0v) is 8.04. The molecule has 1 rings (SSSR count). The van der Waals surface area contributed by atoms with Crippen LogP contribution in [0.1, 0.15) is 15.9 Å². The van der Waals surface area contributed by atoms with E-state index in [2.05, 4.69) is 9.71 Å². The van der Waals surface area contributed by atoms with E-state index < -0.39 is 5.97 Å². The van der Waals surface area contributed by atoms with Crippen LogP contribution in [0.2, 0.25) is 0 Å². The molecule has 15 heavy (non-hydrogen) atoms. The first-order chi connectivity index (χ1) is 7.19. The number of carbonyl (C=O) groups excluding carboxylic acids is 1. The van der Waals surface area contributed by atoms with Crippen molar-refractivity contribution in [2.24, 2.45) is 0 Å². The number of hydrogen-bond acceptors (Lipinski definition) is 4. The quantitative estimate of drug-likeness (QED) is 0.456. The molecule has 1 aromatic rings. The minimum Gasteiger partial charge on any atom is -0.501 e. The summed E-state index contributed by atoms with van der Waals surface area (Å²) in [5, 5.41) is 17.5. The van der Waals surface area contributed by atoms with Gasteiger partial charge in [0, 0.05) is 5.56 Å². The Hall–Kier alpha value is -2.35. The van der Waals surface area contributed by atoms with E-state index >= 15 is 0 Å². The first kappa shape index (κ1) is 10.7. The van der Waals surface area contributed by atoms with Crippen molar-refractivity contribution in [1.29, 1.82) is 5.39 Å². The van der Waals surface area contributed by atoms with Gasteiger partial charge in [-0.3, -0.25) is 0 Å². The second kappa shape index (κ2) is 4.77. The average Bonchev–Trinajstić information content (AvgIpc) is 2.28. The number of carbonyl (C=O) groups is 1. The van der Waals surface area contributed by atoms with E-state index in [0.29, 0.717) is 11.1 Å². The smallest absolute Gasteiger partial charge is 0.392 e. The molecule has 0 bridgehead atoms. The van der Waals surface area contributed by atoms with E-state index in [-0.39, 0.29) is 5.76 Å². The summed E-state index contributed by atoms with van der Waals surface area (Å²) in [4.78, 5) is 13.7. The molecular formula is C10H9N2O3+. The Bertz CT molecular complexity index is 429. The number of ether oxygens (including phenoxy) is 1. The summed E-state index contributed by atoms with van der Waals surface area (Å²) in [5.41, 5.74) is 0.829. The van der Waals surface area contributed by atoms with Crippen molar-refractivity contribution in [3.05, 3.63) is 46.6 Å². The number of esters is 1. The molecule has 1 aromatic carbocycles. The highest BCUT2D eigenvalue weighted by atomic mass is 16.5. The van der Waals surface area contributed by atoms with Gasteiger partial charge >= 0.3 is 12.2 Å². The molecule has 0 atom stereocenters. The normalized spacial score (nSPS) is 10.5. The van der Waals surface area contributed by atoms with Crippen LogP contribution in [-0.4, -0.2) is 18.2 Å². The van der Waals surface area contributed by atoms with Gasteiger partial charge in [-0.15, -0.1) is 0 Å². The molecule has 0 fully saturated rings. The predicted octanol–water partition coefficient (Wildman–Crippen LogP) is 2.18. The molecule has 0 saturated carbocycles. The van der Waals surface area contributed by atoms with Crippen LogP contribution in [0, 0.1) is 5.39 Å².